The first kappa shape index (κ1) is 23.2. The lowest BCUT2D eigenvalue weighted by Crippen LogP contribution is -2.29. The van der Waals surface area contributed by atoms with Crippen molar-refractivity contribution in [1.29, 1.82) is 0 Å². The Hall–Kier alpha value is -4.52. The van der Waals surface area contributed by atoms with E-state index in [1.165, 1.54) is 24.3 Å². The molecule has 0 saturated heterocycles. The number of carbonyl (C=O) groups excluding carboxylic acids is 2. The molecule has 0 aromatic heterocycles. The van der Waals surface area contributed by atoms with Gasteiger partial charge in [-0.05, 0) is 47.4 Å². The smallest absolute Gasteiger partial charge is 0.336 e. The molecule has 180 valence electrons. The summed E-state index contributed by atoms with van der Waals surface area (Å²) in [5.41, 5.74) is 3.86. The molecule has 7 nitrogen and oxygen atoms in total. The van der Waals surface area contributed by atoms with Crippen LogP contribution in [0, 0.1) is 0 Å². The van der Waals surface area contributed by atoms with Crippen LogP contribution in [-0.4, -0.2) is 37.0 Å². The Balaban J connectivity index is 1.90. The number of hydrogen-bond acceptors (Lipinski definition) is 4. The standard InChI is InChI=1S/C29H24N2O5/c1-16(2)17-5-8-21-24(13-17)36-25-15-18(30(3)4)6-10-22(25)28(21)23-14-19(7-9-20(23)29(34)35)31-26(32)11-12-27(31)33/h5-16H,1-4H3/p+1. The Bertz CT molecular complexity index is 1640. The third-order valence-corrected chi connectivity index (χ3v) is 6.48. The van der Waals surface area contributed by atoms with Gasteiger partial charge in [-0.25, -0.2) is 14.3 Å². The maximum atomic E-state index is 12.4. The van der Waals surface area contributed by atoms with E-state index >= 15 is 0 Å². The Labute approximate surface area is 207 Å². The van der Waals surface area contributed by atoms with E-state index in [0.717, 1.165) is 26.8 Å². The number of rotatable bonds is 4. The molecule has 2 aliphatic heterocycles. The molecule has 1 N–H and O–H groups in total. The lowest BCUT2D eigenvalue weighted by atomic mass is 9.89. The lowest BCUT2D eigenvalue weighted by molar-refractivity contribution is -0.119. The molecule has 36 heavy (non-hydrogen) atoms. The summed E-state index contributed by atoms with van der Waals surface area (Å²) < 4.78 is 8.31. The van der Waals surface area contributed by atoms with Crippen molar-refractivity contribution in [3.8, 4) is 22.5 Å². The second-order valence-electron chi connectivity index (χ2n) is 9.34. The van der Waals surface area contributed by atoms with Crippen molar-refractivity contribution in [2.24, 2.45) is 0 Å². The summed E-state index contributed by atoms with van der Waals surface area (Å²) in [6.45, 7) is 4.19. The van der Waals surface area contributed by atoms with Gasteiger partial charge in [0.15, 0.2) is 0 Å². The average Bonchev–Trinajstić information content (AvgIpc) is 3.18. The normalized spacial score (nSPS) is 13.4. The zero-order valence-electron chi connectivity index (χ0n) is 20.4. The highest BCUT2D eigenvalue weighted by atomic mass is 16.4. The summed E-state index contributed by atoms with van der Waals surface area (Å²) in [5, 5.41) is 11.7. The summed E-state index contributed by atoms with van der Waals surface area (Å²) in [4.78, 5) is 38.1. The fourth-order valence-corrected chi connectivity index (χ4v) is 4.54. The van der Waals surface area contributed by atoms with Crippen molar-refractivity contribution in [2.45, 2.75) is 19.8 Å². The van der Waals surface area contributed by atoms with Crippen LogP contribution in [0.2, 0.25) is 0 Å². The van der Waals surface area contributed by atoms with Crippen LogP contribution >= 0.6 is 0 Å². The Morgan fingerprint density at radius 1 is 0.917 bits per heavy atom. The maximum absolute atomic E-state index is 12.4. The minimum Gasteiger partial charge on any atom is -0.478 e. The summed E-state index contributed by atoms with van der Waals surface area (Å²) in [6.07, 6.45) is 2.41. The minimum absolute atomic E-state index is 0.0595. The highest BCUT2D eigenvalue weighted by Crippen LogP contribution is 2.43. The quantitative estimate of drug-likeness (QED) is 0.264. The van der Waals surface area contributed by atoms with Crippen molar-refractivity contribution >= 4 is 34.4 Å². The second-order valence-corrected chi connectivity index (χ2v) is 9.34. The van der Waals surface area contributed by atoms with Gasteiger partial charge in [0.05, 0.1) is 17.3 Å². The minimum atomic E-state index is -1.11. The van der Waals surface area contributed by atoms with Crippen molar-refractivity contribution < 1.29 is 23.9 Å². The SMILES string of the molecule is CC(C)c1ccc2c(-c3cc(N4C(=O)C=CC4=O)ccc3C(=O)O)c3ccc(=[N+](C)C)cc-3oc2c1. The van der Waals surface area contributed by atoms with E-state index in [1.807, 2.05) is 55.1 Å². The fourth-order valence-electron chi connectivity index (χ4n) is 4.54. The number of amides is 2. The van der Waals surface area contributed by atoms with Gasteiger partial charge in [-0.1, -0.05) is 26.0 Å². The summed E-state index contributed by atoms with van der Waals surface area (Å²) in [7, 11) is 3.87. The van der Waals surface area contributed by atoms with E-state index in [9.17, 15) is 19.5 Å². The van der Waals surface area contributed by atoms with Crippen LogP contribution in [0.25, 0.3) is 33.4 Å². The summed E-state index contributed by atoms with van der Waals surface area (Å²) in [5.74, 6) is -1.18. The molecule has 0 radical (unpaired) electrons. The monoisotopic (exact) mass is 481 g/mol. The first-order valence-corrected chi connectivity index (χ1v) is 11.6. The van der Waals surface area contributed by atoms with Gasteiger partial charge in [-0.15, -0.1) is 0 Å². The predicted octanol–water partition coefficient (Wildman–Crippen LogP) is 4.49. The van der Waals surface area contributed by atoms with Crippen molar-refractivity contribution in [3.63, 3.8) is 0 Å². The number of anilines is 1. The molecule has 0 unspecified atom stereocenters. The third kappa shape index (κ3) is 3.79. The average molecular weight is 482 g/mol. The van der Waals surface area contributed by atoms with Crippen LogP contribution < -0.4 is 14.8 Å². The molecular formula is C29H25N2O5+. The number of aromatic carboxylic acids is 1. The van der Waals surface area contributed by atoms with Crippen LogP contribution in [0.1, 0.15) is 35.7 Å². The Morgan fingerprint density at radius 2 is 1.64 bits per heavy atom. The predicted molar refractivity (Wildman–Crippen MR) is 138 cm³/mol. The molecule has 2 amide bonds. The van der Waals surface area contributed by atoms with Crippen LogP contribution in [0.3, 0.4) is 0 Å². The van der Waals surface area contributed by atoms with Gasteiger partial charge in [0.2, 0.25) is 5.36 Å². The van der Waals surface area contributed by atoms with Crippen molar-refractivity contribution in [3.05, 3.63) is 83.2 Å². The van der Waals surface area contributed by atoms with Crippen LogP contribution in [0.15, 0.2) is 71.2 Å². The lowest BCUT2D eigenvalue weighted by Gasteiger charge is -2.20. The molecule has 2 heterocycles. The molecule has 0 bridgehead atoms. The first-order valence-electron chi connectivity index (χ1n) is 11.6. The van der Waals surface area contributed by atoms with Gasteiger partial charge in [-0.2, -0.15) is 0 Å². The van der Waals surface area contributed by atoms with Gasteiger partial charge in [0, 0.05) is 34.7 Å². The van der Waals surface area contributed by atoms with E-state index in [2.05, 4.69) is 13.8 Å². The maximum Gasteiger partial charge on any atom is 0.336 e. The topological polar surface area (TPSA) is 90.8 Å². The summed E-state index contributed by atoms with van der Waals surface area (Å²) >= 11 is 0. The molecule has 3 aliphatic rings. The number of benzene rings is 3. The number of carboxylic acid groups (broad SMARTS) is 1. The highest BCUT2D eigenvalue weighted by molar-refractivity contribution is 6.28. The van der Waals surface area contributed by atoms with E-state index in [1.54, 1.807) is 6.07 Å². The molecule has 2 aromatic rings. The van der Waals surface area contributed by atoms with Crippen LogP contribution in [0.4, 0.5) is 5.69 Å². The third-order valence-electron chi connectivity index (χ3n) is 6.48. The van der Waals surface area contributed by atoms with Crippen LogP contribution in [0.5, 0.6) is 0 Å². The molecular weight excluding hydrogens is 456 g/mol. The number of carboxylic acids is 1. The molecule has 0 atom stereocenters. The zero-order valence-corrected chi connectivity index (χ0v) is 20.4. The van der Waals surface area contributed by atoms with E-state index in [0.29, 0.717) is 28.2 Å². The van der Waals surface area contributed by atoms with Crippen LogP contribution in [-0.2, 0) is 9.59 Å². The molecule has 0 saturated carbocycles. The summed E-state index contributed by atoms with van der Waals surface area (Å²) in [6, 6.07) is 16.2. The zero-order chi connectivity index (χ0) is 25.7. The molecule has 5 rings (SSSR count). The Kier molecular flexibility index (Phi) is 5.55. The number of hydrogen-bond donors (Lipinski definition) is 1. The number of imide groups is 1. The number of fused-ring (bicyclic) bond motifs is 2. The number of carbonyl (C=O) groups is 3. The molecule has 0 spiro atoms. The van der Waals surface area contributed by atoms with Gasteiger partial charge in [-0.3, -0.25) is 9.59 Å². The van der Waals surface area contributed by atoms with Crippen molar-refractivity contribution in [2.75, 3.05) is 19.0 Å². The molecule has 2 aromatic carbocycles. The molecule has 7 heteroatoms. The van der Waals surface area contributed by atoms with Gasteiger partial charge < -0.3 is 9.52 Å². The Morgan fingerprint density at radius 3 is 2.28 bits per heavy atom. The molecule has 1 aliphatic carbocycles. The number of nitrogens with zero attached hydrogens (tertiary/aromatic N) is 2. The van der Waals surface area contributed by atoms with Gasteiger partial charge >= 0.3 is 5.97 Å². The second kappa shape index (κ2) is 8.61. The van der Waals surface area contributed by atoms with Crippen molar-refractivity contribution in [1.82, 2.24) is 4.58 Å². The van der Waals surface area contributed by atoms with E-state index in [-0.39, 0.29) is 11.5 Å². The van der Waals surface area contributed by atoms with E-state index < -0.39 is 17.8 Å². The molecule has 0 fully saturated rings. The first-order chi connectivity index (χ1) is 17.2. The van der Waals surface area contributed by atoms with Gasteiger partial charge in [0.1, 0.15) is 25.4 Å². The largest absolute Gasteiger partial charge is 0.478 e. The van der Waals surface area contributed by atoms with E-state index in [4.69, 9.17) is 4.42 Å². The fraction of sp³-hybridized carbons (Fsp3) is 0.172. The van der Waals surface area contributed by atoms with Gasteiger partial charge in [0.25, 0.3) is 11.8 Å². The highest BCUT2D eigenvalue weighted by Gasteiger charge is 2.28.